The van der Waals surface area contributed by atoms with Gasteiger partial charge in [0.1, 0.15) is 0 Å². The van der Waals surface area contributed by atoms with Gasteiger partial charge in [0.15, 0.2) is 0 Å². The Balaban J connectivity index is 3.23. The van der Waals surface area contributed by atoms with Crippen LogP contribution >= 0.6 is 0 Å². The number of ether oxygens (including phenoxy) is 1. The topological polar surface area (TPSA) is 73.8 Å². The van der Waals surface area contributed by atoms with Gasteiger partial charge in [-0.05, 0) is 7.05 Å². The summed E-state index contributed by atoms with van der Waals surface area (Å²) in [7, 11) is 3.32. The van der Waals surface area contributed by atoms with Crippen LogP contribution in [0.2, 0.25) is 0 Å². The van der Waals surface area contributed by atoms with Crippen molar-refractivity contribution < 1.29 is 14.9 Å². The summed E-state index contributed by atoms with van der Waals surface area (Å²) >= 11 is 0. The van der Waals surface area contributed by atoms with E-state index in [0.29, 0.717) is 26.2 Å². The number of hydrogen-bond acceptors (Lipinski definition) is 5. The molecule has 0 fully saturated rings. The van der Waals surface area contributed by atoms with Crippen LogP contribution in [0, 0.1) is 0 Å². The first-order chi connectivity index (χ1) is 6.20. The minimum Gasteiger partial charge on any atom is -0.390 e. The fourth-order valence-corrected chi connectivity index (χ4v) is 0.976. The Morgan fingerprint density at radius 2 is 1.77 bits per heavy atom. The molecule has 0 aliphatic carbocycles. The summed E-state index contributed by atoms with van der Waals surface area (Å²) in [6.07, 6.45) is -0.925. The molecule has 80 valence electrons. The first kappa shape index (κ1) is 12.8. The molecule has 2 unspecified atom stereocenters. The van der Waals surface area contributed by atoms with Gasteiger partial charge < -0.3 is 25.6 Å². The summed E-state index contributed by atoms with van der Waals surface area (Å²) in [5, 5.41) is 24.2. The molecule has 0 aliphatic rings. The standard InChI is InChI=1S/C8H20N2O3/c1-9-3-7(11)4-10-5-8(12)6-13-2/h7-12H,3-6H2,1-2H3. The van der Waals surface area contributed by atoms with Crippen molar-refractivity contribution in [3.8, 4) is 0 Å². The summed E-state index contributed by atoms with van der Waals surface area (Å²) in [5.41, 5.74) is 0. The van der Waals surface area contributed by atoms with Gasteiger partial charge in [-0.25, -0.2) is 0 Å². The second kappa shape index (κ2) is 8.40. The van der Waals surface area contributed by atoms with E-state index in [4.69, 9.17) is 4.74 Å². The Bertz CT molecular complexity index is 102. The molecule has 0 aromatic carbocycles. The van der Waals surface area contributed by atoms with Gasteiger partial charge in [0, 0.05) is 26.7 Å². The molecule has 0 bridgehead atoms. The number of methoxy groups -OCH3 is 1. The third kappa shape index (κ3) is 8.14. The number of likely N-dealkylation sites (N-methyl/N-ethyl adjacent to an activating group) is 1. The van der Waals surface area contributed by atoms with Gasteiger partial charge in [-0.2, -0.15) is 0 Å². The highest BCUT2D eigenvalue weighted by Crippen LogP contribution is 1.82. The van der Waals surface area contributed by atoms with Gasteiger partial charge in [-0.3, -0.25) is 0 Å². The first-order valence-electron chi connectivity index (χ1n) is 4.41. The van der Waals surface area contributed by atoms with Crippen LogP contribution in [0.1, 0.15) is 0 Å². The van der Waals surface area contributed by atoms with Crippen LogP contribution < -0.4 is 10.6 Å². The molecule has 0 saturated carbocycles. The normalized spacial score (nSPS) is 15.7. The largest absolute Gasteiger partial charge is 0.390 e. The molecule has 2 atom stereocenters. The fourth-order valence-electron chi connectivity index (χ4n) is 0.976. The lowest BCUT2D eigenvalue weighted by Crippen LogP contribution is -2.38. The van der Waals surface area contributed by atoms with Crippen molar-refractivity contribution in [2.24, 2.45) is 0 Å². The first-order valence-corrected chi connectivity index (χ1v) is 4.41. The van der Waals surface area contributed by atoms with E-state index < -0.39 is 12.2 Å². The maximum absolute atomic E-state index is 9.25. The lowest BCUT2D eigenvalue weighted by atomic mass is 10.3. The summed E-state index contributed by atoms with van der Waals surface area (Å²) in [6, 6.07) is 0. The molecular formula is C8H20N2O3. The molecule has 5 nitrogen and oxygen atoms in total. The molecule has 0 aromatic rings. The van der Waals surface area contributed by atoms with E-state index in [1.165, 1.54) is 0 Å². The second-order valence-corrected chi connectivity index (χ2v) is 2.98. The minimum atomic E-state index is -0.508. The zero-order valence-electron chi connectivity index (χ0n) is 8.29. The highest BCUT2D eigenvalue weighted by molar-refractivity contribution is 4.64. The molecule has 13 heavy (non-hydrogen) atoms. The van der Waals surface area contributed by atoms with Crippen molar-refractivity contribution in [2.45, 2.75) is 12.2 Å². The van der Waals surface area contributed by atoms with Crippen LogP contribution in [-0.4, -0.2) is 62.8 Å². The van der Waals surface area contributed by atoms with Crippen molar-refractivity contribution in [3.63, 3.8) is 0 Å². The van der Waals surface area contributed by atoms with E-state index >= 15 is 0 Å². The monoisotopic (exact) mass is 192 g/mol. The predicted octanol–water partition coefficient (Wildman–Crippen LogP) is -1.84. The molecule has 0 radical (unpaired) electrons. The highest BCUT2D eigenvalue weighted by atomic mass is 16.5. The third-order valence-electron chi connectivity index (χ3n) is 1.56. The summed E-state index contributed by atoms with van der Waals surface area (Å²) < 4.78 is 4.74. The molecular weight excluding hydrogens is 172 g/mol. The molecule has 0 spiro atoms. The van der Waals surface area contributed by atoms with Gasteiger partial charge in [0.05, 0.1) is 18.8 Å². The molecule has 0 aliphatic heterocycles. The van der Waals surface area contributed by atoms with Crippen LogP contribution in [0.25, 0.3) is 0 Å². The van der Waals surface area contributed by atoms with Gasteiger partial charge in [0.2, 0.25) is 0 Å². The van der Waals surface area contributed by atoms with Crippen LogP contribution in [0.5, 0.6) is 0 Å². The van der Waals surface area contributed by atoms with E-state index in [1.807, 2.05) is 0 Å². The average Bonchev–Trinajstić information content (AvgIpc) is 2.05. The lowest BCUT2D eigenvalue weighted by molar-refractivity contribution is 0.0617. The Hall–Kier alpha value is -0.200. The van der Waals surface area contributed by atoms with Crippen molar-refractivity contribution in [1.82, 2.24) is 10.6 Å². The van der Waals surface area contributed by atoms with Crippen molar-refractivity contribution >= 4 is 0 Å². The van der Waals surface area contributed by atoms with Crippen LogP contribution in [0.4, 0.5) is 0 Å². The fraction of sp³-hybridized carbons (Fsp3) is 1.00. The van der Waals surface area contributed by atoms with Gasteiger partial charge in [0.25, 0.3) is 0 Å². The number of hydrogen-bond donors (Lipinski definition) is 4. The zero-order chi connectivity index (χ0) is 10.1. The molecule has 5 heteroatoms. The van der Waals surface area contributed by atoms with Gasteiger partial charge in [-0.1, -0.05) is 0 Å². The van der Waals surface area contributed by atoms with Crippen molar-refractivity contribution in [3.05, 3.63) is 0 Å². The second-order valence-electron chi connectivity index (χ2n) is 2.98. The third-order valence-corrected chi connectivity index (χ3v) is 1.56. The van der Waals surface area contributed by atoms with Crippen molar-refractivity contribution in [2.75, 3.05) is 40.4 Å². The molecule has 0 amide bonds. The highest BCUT2D eigenvalue weighted by Gasteiger charge is 2.05. The van der Waals surface area contributed by atoms with Crippen LogP contribution in [0.3, 0.4) is 0 Å². The Kier molecular flexibility index (Phi) is 8.27. The van der Waals surface area contributed by atoms with E-state index in [2.05, 4.69) is 10.6 Å². The maximum Gasteiger partial charge on any atom is 0.0897 e. The summed E-state index contributed by atoms with van der Waals surface area (Å²) in [4.78, 5) is 0. The molecule has 0 heterocycles. The molecule has 0 rings (SSSR count). The lowest BCUT2D eigenvalue weighted by Gasteiger charge is -2.13. The number of aliphatic hydroxyl groups excluding tert-OH is 2. The molecule has 0 aromatic heterocycles. The predicted molar refractivity (Wildman–Crippen MR) is 50.7 cm³/mol. The average molecular weight is 192 g/mol. The Morgan fingerprint density at radius 3 is 2.31 bits per heavy atom. The van der Waals surface area contributed by atoms with E-state index in [9.17, 15) is 10.2 Å². The van der Waals surface area contributed by atoms with Crippen molar-refractivity contribution in [1.29, 1.82) is 0 Å². The number of rotatable bonds is 8. The summed E-state index contributed by atoms with van der Waals surface area (Å²) in [6.45, 7) is 1.78. The Morgan fingerprint density at radius 1 is 1.15 bits per heavy atom. The zero-order valence-corrected chi connectivity index (χ0v) is 8.29. The summed E-state index contributed by atoms with van der Waals surface area (Å²) in [5.74, 6) is 0. The van der Waals surface area contributed by atoms with E-state index in [-0.39, 0.29) is 0 Å². The Labute approximate surface area is 79.1 Å². The SMILES string of the molecule is CNCC(O)CNCC(O)COC. The smallest absolute Gasteiger partial charge is 0.0897 e. The van der Waals surface area contributed by atoms with Gasteiger partial charge >= 0.3 is 0 Å². The minimum absolute atomic E-state index is 0.315. The van der Waals surface area contributed by atoms with E-state index in [1.54, 1.807) is 14.2 Å². The molecule has 0 saturated heterocycles. The maximum atomic E-state index is 9.25. The van der Waals surface area contributed by atoms with E-state index in [0.717, 1.165) is 0 Å². The number of nitrogens with one attached hydrogen (secondary N) is 2. The quantitative estimate of drug-likeness (QED) is 0.364. The molecule has 4 N–H and O–H groups in total. The van der Waals surface area contributed by atoms with Crippen LogP contribution in [0.15, 0.2) is 0 Å². The van der Waals surface area contributed by atoms with Crippen LogP contribution in [-0.2, 0) is 4.74 Å². The number of aliphatic hydroxyl groups is 2. The van der Waals surface area contributed by atoms with Gasteiger partial charge in [-0.15, -0.1) is 0 Å².